The van der Waals surface area contributed by atoms with E-state index in [1.807, 2.05) is 12.1 Å². The first-order valence-electron chi connectivity index (χ1n) is 8.61. The molecule has 5 heteroatoms. The summed E-state index contributed by atoms with van der Waals surface area (Å²) >= 11 is 0. The summed E-state index contributed by atoms with van der Waals surface area (Å²) < 4.78 is 0. The number of benzene rings is 1. The van der Waals surface area contributed by atoms with Crippen LogP contribution in [0.2, 0.25) is 0 Å². The molecule has 1 aliphatic carbocycles. The van der Waals surface area contributed by atoms with Gasteiger partial charge in [-0.05, 0) is 36.8 Å². The first-order chi connectivity index (χ1) is 11.3. The van der Waals surface area contributed by atoms with Crippen molar-refractivity contribution in [1.29, 1.82) is 0 Å². The number of nitrogens with zero attached hydrogens (tertiary/aromatic N) is 1. The van der Waals surface area contributed by atoms with E-state index in [1.165, 1.54) is 12.5 Å². The van der Waals surface area contributed by atoms with Crippen molar-refractivity contribution in [3.63, 3.8) is 0 Å². The highest BCUT2D eigenvalue weighted by molar-refractivity contribution is 5.89. The zero-order valence-corrected chi connectivity index (χ0v) is 15.0. The minimum atomic E-state index is -0.925. The lowest BCUT2D eigenvalue weighted by atomic mass is 10.0. The van der Waals surface area contributed by atoms with Crippen LogP contribution in [-0.2, 0) is 16.1 Å². The summed E-state index contributed by atoms with van der Waals surface area (Å²) in [5.74, 6) is 0.0690. The van der Waals surface area contributed by atoms with Gasteiger partial charge in [-0.1, -0.05) is 38.1 Å². The summed E-state index contributed by atoms with van der Waals surface area (Å²) in [5, 5.41) is 12.6. The molecule has 0 saturated heterocycles. The maximum absolute atomic E-state index is 12.6. The van der Waals surface area contributed by atoms with E-state index in [9.17, 15) is 14.7 Å². The second-order valence-corrected chi connectivity index (χ2v) is 7.09. The maximum atomic E-state index is 12.6. The van der Waals surface area contributed by atoms with E-state index in [-0.39, 0.29) is 17.7 Å². The summed E-state index contributed by atoms with van der Waals surface area (Å²) in [6.07, 6.45) is 0.806. The molecule has 0 heterocycles. The minimum absolute atomic E-state index is 0.00735. The molecule has 2 rings (SSSR count). The van der Waals surface area contributed by atoms with E-state index < -0.39 is 12.1 Å². The number of aliphatic hydroxyl groups excluding tert-OH is 1. The predicted octanol–water partition coefficient (Wildman–Crippen LogP) is 2.04. The Bertz CT molecular complexity index is 577. The molecule has 1 aromatic rings. The van der Waals surface area contributed by atoms with Gasteiger partial charge in [-0.15, -0.1) is 0 Å². The molecule has 1 fully saturated rings. The molecule has 24 heavy (non-hydrogen) atoms. The lowest BCUT2D eigenvalue weighted by Crippen LogP contribution is -2.53. The van der Waals surface area contributed by atoms with Crippen LogP contribution in [0.1, 0.15) is 50.7 Å². The molecule has 0 spiro atoms. The second kappa shape index (κ2) is 7.79. The average molecular weight is 332 g/mol. The van der Waals surface area contributed by atoms with Crippen LogP contribution in [0.3, 0.4) is 0 Å². The van der Waals surface area contributed by atoms with E-state index in [0.717, 1.165) is 18.4 Å². The molecule has 0 radical (unpaired) electrons. The Balaban J connectivity index is 1.98. The van der Waals surface area contributed by atoms with Gasteiger partial charge in [0.25, 0.3) is 0 Å². The highest BCUT2D eigenvalue weighted by atomic mass is 16.3. The number of carbonyl (C=O) groups excluding carboxylic acids is 2. The van der Waals surface area contributed by atoms with E-state index in [1.54, 1.807) is 11.9 Å². The molecule has 5 nitrogen and oxygen atoms in total. The first-order valence-corrected chi connectivity index (χ1v) is 8.61. The molecule has 1 saturated carbocycles. The highest BCUT2D eigenvalue weighted by Gasteiger charge is 2.35. The SMILES string of the molecule is CC(C)c1ccc(CN(C)C(=O)C(NC(=O)C2CC2)C(C)O)cc1. The molecule has 0 aromatic heterocycles. The van der Waals surface area contributed by atoms with Crippen molar-refractivity contribution in [1.82, 2.24) is 10.2 Å². The molecule has 2 atom stereocenters. The number of amides is 2. The van der Waals surface area contributed by atoms with Gasteiger partial charge >= 0.3 is 0 Å². The smallest absolute Gasteiger partial charge is 0.247 e. The van der Waals surface area contributed by atoms with Crippen LogP contribution < -0.4 is 5.32 Å². The van der Waals surface area contributed by atoms with E-state index in [2.05, 4.69) is 31.3 Å². The van der Waals surface area contributed by atoms with Crippen molar-refractivity contribution in [2.24, 2.45) is 5.92 Å². The molecule has 1 aromatic carbocycles. The second-order valence-electron chi connectivity index (χ2n) is 7.09. The first kappa shape index (κ1) is 18.5. The van der Waals surface area contributed by atoms with Crippen molar-refractivity contribution in [2.45, 2.75) is 58.2 Å². The standard InChI is InChI=1S/C19H28N2O3/c1-12(2)15-7-5-14(6-8-15)11-21(4)19(24)17(13(3)22)20-18(23)16-9-10-16/h5-8,12-13,16-17,22H,9-11H2,1-4H3,(H,20,23). The van der Waals surface area contributed by atoms with Gasteiger partial charge in [0, 0.05) is 19.5 Å². The van der Waals surface area contributed by atoms with Gasteiger partial charge in [0.15, 0.2) is 0 Å². The number of likely N-dealkylation sites (N-methyl/N-ethyl adjacent to an activating group) is 1. The fraction of sp³-hybridized carbons (Fsp3) is 0.579. The van der Waals surface area contributed by atoms with Gasteiger partial charge in [-0.2, -0.15) is 0 Å². The molecule has 2 N–H and O–H groups in total. The largest absolute Gasteiger partial charge is 0.391 e. The van der Waals surface area contributed by atoms with E-state index in [4.69, 9.17) is 0 Å². The van der Waals surface area contributed by atoms with Crippen LogP contribution >= 0.6 is 0 Å². The number of rotatable bonds is 7. The third-order valence-corrected chi connectivity index (χ3v) is 4.44. The average Bonchev–Trinajstić information content (AvgIpc) is 3.36. The van der Waals surface area contributed by atoms with Gasteiger partial charge in [0.2, 0.25) is 11.8 Å². The minimum Gasteiger partial charge on any atom is -0.391 e. The van der Waals surface area contributed by atoms with Gasteiger partial charge < -0.3 is 15.3 Å². The molecular formula is C19H28N2O3. The van der Waals surface area contributed by atoms with Crippen molar-refractivity contribution in [3.05, 3.63) is 35.4 Å². The number of hydrogen-bond donors (Lipinski definition) is 2. The zero-order chi connectivity index (χ0) is 17.9. The van der Waals surface area contributed by atoms with Crippen LogP contribution in [0, 0.1) is 5.92 Å². The summed E-state index contributed by atoms with van der Waals surface area (Å²) in [7, 11) is 1.69. The lowest BCUT2D eigenvalue weighted by Gasteiger charge is -2.26. The summed E-state index contributed by atoms with van der Waals surface area (Å²) in [6.45, 7) is 6.25. The van der Waals surface area contributed by atoms with Crippen molar-refractivity contribution < 1.29 is 14.7 Å². The molecule has 0 aliphatic heterocycles. The van der Waals surface area contributed by atoms with Crippen molar-refractivity contribution in [2.75, 3.05) is 7.05 Å². The topological polar surface area (TPSA) is 69.6 Å². The number of hydrogen-bond acceptors (Lipinski definition) is 3. The van der Waals surface area contributed by atoms with Gasteiger partial charge in [-0.3, -0.25) is 9.59 Å². The Hall–Kier alpha value is -1.88. The number of nitrogens with one attached hydrogen (secondary N) is 1. The third-order valence-electron chi connectivity index (χ3n) is 4.44. The molecule has 0 bridgehead atoms. The van der Waals surface area contributed by atoms with Crippen LogP contribution in [0.5, 0.6) is 0 Å². The summed E-state index contributed by atoms with van der Waals surface area (Å²) in [6, 6.07) is 7.27. The van der Waals surface area contributed by atoms with Crippen LogP contribution in [0.25, 0.3) is 0 Å². The van der Waals surface area contributed by atoms with E-state index >= 15 is 0 Å². The predicted molar refractivity (Wildman–Crippen MR) is 93.3 cm³/mol. The van der Waals surface area contributed by atoms with Crippen LogP contribution in [-0.4, -0.2) is 41.0 Å². The van der Waals surface area contributed by atoms with Gasteiger partial charge in [0.05, 0.1) is 6.10 Å². The Morgan fingerprint density at radius 3 is 2.25 bits per heavy atom. The summed E-state index contributed by atoms with van der Waals surface area (Å²) in [4.78, 5) is 26.1. The van der Waals surface area contributed by atoms with Crippen molar-refractivity contribution in [3.8, 4) is 0 Å². The molecule has 2 amide bonds. The zero-order valence-electron chi connectivity index (χ0n) is 15.0. The molecular weight excluding hydrogens is 304 g/mol. The van der Waals surface area contributed by atoms with Crippen molar-refractivity contribution >= 4 is 11.8 Å². The normalized spacial score (nSPS) is 16.6. The van der Waals surface area contributed by atoms with E-state index in [0.29, 0.717) is 12.5 Å². The molecule has 2 unspecified atom stereocenters. The Kier molecular flexibility index (Phi) is 5.99. The molecule has 1 aliphatic rings. The Labute approximate surface area is 144 Å². The van der Waals surface area contributed by atoms with Crippen LogP contribution in [0.15, 0.2) is 24.3 Å². The fourth-order valence-corrected chi connectivity index (χ4v) is 2.60. The fourth-order valence-electron chi connectivity index (χ4n) is 2.60. The Morgan fingerprint density at radius 2 is 1.79 bits per heavy atom. The maximum Gasteiger partial charge on any atom is 0.247 e. The highest BCUT2D eigenvalue weighted by Crippen LogP contribution is 2.29. The third kappa shape index (κ3) is 4.81. The van der Waals surface area contributed by atoms with Gasteiger partial charge in [0.1, 0.15) is 6.04 Å². The quantitative estimate of drug-likeness (QED) is 0.803. The lowest BCUT2D eigenvalue weighted by molar-refractivity contribution is -0.139. The molecule has 132 valence electrons. The monoisotopic (exact) mass is 332 g/mol. The van der Waals surface area contributed by atoms with Gasteiger partial charge in [-0.25, -0.2) is 0 Å². The van der Waals surface area contributed by atoms with Crippen LogP contribution in [0.4, 0.5) is 0 Å². The summed E-state index contributed by atoms with van der Waals surface area (Å²) in [5.41, 5.74) is 2.28. The number of aliphatic hydroxyl groups is 1. The number of carbonyl (C=O) groups is 2. The Morgan fingerprint density at radius 1 is 1.21 bits per heavy atom.